The van der Waals surface area contributed by atoms with Crippen molar-refractivity contribution >= 4 is 35.0 Å². The Bertz CT molecular complexity index is 403. The van der Waals surface area contributed by atoms with Crippen LogP contribution < -0.4 is 0 Å². The predicted octanol–water partition coefficient (Wildman–Crippen LogP) is 4.88. The van der Waals surface area contributed by atoms with Crippen molar-refractivity contribution < 1.29 is 9.50 Å². The van der Waals surface area contributed by atoms with Crippen molar-refractivity contribution in [3.05, 3.63) is 42.5 Å². The van der Waals surface area contributed by atoms with Crippen LogP contribution in [0.1, 0.15) is 18.4 Å². The standard InChI is InChI=1S/C14H17Cl2FOS/c1-3-4-5-12(13(18)14(15,16)17)19-11-8-6-10(2)7-9-11/h3,6-9,12-13,18H,1,4-5H2,2H3/t12-,13+/m1/s1. The van der Waals surface area contributed by atoms with E-state index in [1.54, 1.807) is 6.08 Å². The molecule has 106 valence electrons. The van der Waals surface area contributed by atoms with Crippen LogP contribution in [0.4, 0.5) is 4.39 Å². The van der Waals surface area contributed by atoms with Gasteiger partial charge in [-0.05, 0) is 31.9 Å². The van der Waals surface area contributed by atoms with Gasteiger partial charge >= 0.3 is 0 Å². The minimum atomic E-state index is -2.65. The molecule has 0 fully saturated rings. The third-order valence-electron chi connectivity index (χ3n) is 2.65. The maximum Gasteiger partial charge on any atom is 0.284 e. The molecule has 0 bridgehead atoms. The minimum Gasteiger partial charge on any atom is -0.386 e. The smallest absolute Gasteiger partial charge is 0.284 e. The topological polar surface area (TPSA) is 20.2 Å². The molecule has 0 aliphatic heterocycles. The van der Waals surface area contributed by atoms with Crippen LogP contribution in [0, 0.1) is 6.92 Å². The number of halogens is 3. The van der Waals surface area contributed by atoms with Gasteiger partial charge in [0, 0.05) is 10.1 Å². The number of hydrogen-bond acceptors (Lipinski definition) is 2. The number of benzene rings is 1. The van der Waals surface area contributed by atoms with Crippen molar-refractivity contribution in [2.75, 3.05) is 0 Å². The Hall–Kier alpha value is -0.220. The van der Waals surface area contributed by atoms with Gasteiger partial charge in [0.25, 0.3) is 4.59 Å². The van der Waals surface area contributed by atoms with E-state index >= 15 is 0 Å². The Kier molecular flexibility index (Phi) is 6.67. The predicted molar refractivity (Wildman–Crippen MR) is 81.8 cm³/mol. The van der Waals surface area contributed by atoms with Crippen molar-refractivity contribution in [2.24, 2.45) is 0 Å². The first-order valence-electron chi connectivity index (χ1n) is 5.93. The molecule has 1 aromatic carbocycles. The number of thioether (sulfide) groups is 1. The first-order chi connectivity index (χ1) is 8.84. The van der Waals surface area contributed by atoms with Crippen molar-refractivity contribution in [1.29, 1.82) is 0 Å². The van der Waals surface area contributed by atoms with Gasteiger partial charge in [-0.25, -0.2) is 4.39 Å². The SMILES string of the molecule is C=CCC[C@@H](Sc1ccc(C)cc1)[C@H](O)C(F)(Cl)Cl. The highest BCUT2D eigenvalue weighted by atomic mass is 35.5. The molecule has 1 nitrogen and oxygen atoms in total. The Balaban J connectivity index is 2.79. The molecule has 0 amide bonds. The molecule has 0 aliphatic rings. The maximum atomic E-state index is 13.5. The lowest BCUT2D eigenvalue weighted by Crippen LogP contribution is -2.36. The average molecular weight is 323 g/mol. The lowest BCUT2D eigenvalue weighted by molar-refractivity contribution is 0.0933. The van der Waals surface area contributed by atoms with Crippen LogP contribution in [-0.4, -0.2) is 21.0 Å². The van der Waals surface area contributed by atoms with E-state index in [2.05, 4.69) is 6.58 Å². The lowest BCUT2D eigenvalue weighted by Gasteiger charge is -2.26. The molecule has 1 N–H and O–H groups in total. The van der Waals surface area contributed by atoms with E-state index < -0.39 is 15.9 Å². The summed E-state index contributed by atoms with van der Waals surface area (Å²) in [5.41, 5.74) is 1.14. The zero-order chi connectivity index (χ0) is 14.5. The maximum absolute atomic E-state index is 13.5. The summed E-state index contributed by atoms with van der Waals surface area (Å²) >= 11 is 12.1. The number of hydrogen-bond donors (Lipinski definition) is 1. The van der Waals surface area contributed by atoms with Gasteiger partial charge in [-0.15, -0.1) is 18.3 Å². The molecule has 0 aliphatic carbocycles. The molecule has 2 atom stereocenters. The first-order valence-corrected chi connectivity index (χ1v) is 7.57. The monoisotopic (exact) mass is 322 g/mol. The number of aryl methyl sites for hydroxylation is 1. The van der Waals surface area contributed by atoms with Gasteiger partial charge in [0.05, 0.1) is 0 Å². The second-order valence-electron chi connectivity index (χ2n) is 4.32. The van der Waals surface area contributed by atoms with Crippen molar-refractivity contribution in [2.45, 2.75) is 40.6 Å². The number of rotatable bonds is 7. The Morgan fingerprint density at radius 2 is 2.00 bits per heavy atom. The van der Waals surface area contributed by atoms with Crippen molar-refractivity contribution in [1.82, 2.24) is 0 Å². The molecule has 0 aromatic heterocycles. The fourth-order valence-electron chi connectivity index (χ4n) is 1.57. The van der Waals surface area contributed by atoms with E-state index in [-0.39, 0.29) is 0 Å². The molecular formula is C14H17Cl2FOS. The minimum absolute atomic E-state index is 0.430. The summed E-state index contributed by atoms with van der Waals surface area (Å²) in [5, 5.41) is 9.46. The van der Waals surface area contributed by atoms with Gasteiger partial charge < -0.3 is 5.11 Å². The molecule has 0 spiro atoms. The highest BCUT2D eigenvalue weighted by Crippen LogP contribution is 2.37. The van der Waals surface area contributed by atoms with E-state index in [0.717, 1.165) is 10.5 Å². The number of aliphatic hydroxyl groups excluding tert-OH is 1. The fourth-order valence-corrected chi connectivity index (χ4v) is 3.23. The van der Waals surface area contributed by atoms with Gasteiger partial charge in [0.2, 0.25) is 0 Å². The van der Waals surface area contributed by atoms with E-state index in [9.17, 15) is 9.50 Å². The van der Waals surface area contributed by atoms with Gasteiger partial charge in [-0.2, -0.15) is 0 Å². The summed E-state index contributed by atoms with van der Waals surface area (Å²) < 4.78 is 10.8. The zero-order valence-electron chi connectivity index (χ0n) is 10.7. The van der Waals surface area contributed by atoms with Crippen LogP contribution in [0.25, 0.3) is 0 Å². The average Bonchev–Trinajstić information content (AvgIpc) is 2.35. The van der Waals surface area contributed by atoms with Gasteiger partial charge in [0.15, 0.2) is 0 Å². The Labute approximate surface area is 127 Å². The molecule has 0 saturated carbocycles. The summed E-state index contributed by atoms with van der Waals surface area (Å²) in [6.45, 7) is 5.61. The fraction of sp³-hybridized carbons (Fsp3) is 0.429. The molecule has 0 saturated heterocycles. The first kappa shape index (κ1) is 16.8. The third kappa shape index (κ3) is 5.74. The van der Waals surface area contributed by atoms with Crippen molar-refractivity contribution in [3.8, 4) is 0 Å². The highest BCUT2D eigenvalue weighted by Gasteiger charge is 2.39. The Morgan fingerprint density at radius 1 is 1.42 bits per heavy atom. The summed E-state index contributed by atoms with van der Waals surface area (Å²) in [6, 6.07) is 7.78. The van der Waals surface area contributed by atoms with E-state index in [1.807, 2.05) is 31.2 Å². The highest BCUT2D eigenvalue weighted by molar-refractivity contribution is 8.00. The number of alkyl halides is 3. The Morgan fingerprint density at radius 3 is 2.47 bits per heavy atom. The van der Waals surface area contributed by atoms with Crippen LogP contribution in [0.5, 0.6) is 0 Å². The van der Waals surface area contributed by atoms with E-state index in [4.69, 9.17) is 23.2 Å². The van der Waals surface area contributed by atoms with Gasteiger partial charge in [-0.3, -0.25) is 0 Å². The van der Waals surface area contributed by atoms with Crippen LogP contribution in [0.3, 0.4) is 0 Å². The lowest BCUT2D eigenvalue weighted by atomic mass is 10.1. The molecular weight excluding hydrogens is 306 g/mol. The second-order valence-corrected chi connectivity index (χ2v) is 6.93. The third-order valence-corrected chi connectivity index (χ3v) is 4.44. The molecule has 5 heteroatoms. The van der Waals surface area contributed by atoms with E-state index in [1.165, 1.54) is 11.8 Å². The van der Waals surface area contributed by atoms with Gasteiger partial charge in [-0.1, -0.05) is 47.0 Å². The number of allylic oxidation sites excluding steroid dienone is 1. The number of aliphatic hydroxyl groups is 1. The molecule has 0 radical (unpaired) electrons. The summed E-state index contributed by atoms with van der Waals surface area (Å²) in [4.78, 5) is 0.941. The van der Waals surface area contributed by atoms with Crippen molar-refractivity contribution in [3.63, 3.8) is 0 Å². The van der Waals surface area contributed by atoms with E-state index in [0.29, 0.717) is 12.8 Å². The van der Waals surface area contributed by atoms with Crippen LogP contribution in [-0.2, 0) is 0 Å². The summed E-state index contributed by atoms with van der Waals surface area (Å²) in [7, 11) is 0. The zero-order valence-corrected chi connectivity index (χ0v) is 13.0. The normalized spacial score (nSPS) is 15.0. The molecule has 0 unspecified atom stereocenters. The largest absolute Gasteiger partial charge is 0.386 e. The summed E-state index contributed by atoms with van der Waals surface area (Å²) in [5.74, 6) is 0. The quantitative estimate of drug-likeness (QED) is 0.438. The second kappa shape index (κ2) is 7.53. The molecule has 1 aromatic rings. The molecule has 19 heavy (non-hydrogen) atoms. The van der Waals surface area contributed by atoms with Crippen LogP contribution in [0.2, 0.25) is 0 Å². The summed E-state index contributed by atoms with van der Waals surface area (Å²) in [6.07, 6.45) is 1.47. The van der Waals surface area contributed by atoms with Crippen LogP contribution in [0.15, 0.2) is 41.8 Å². The molecule has 1 rings (SSSR count). The van der Waals surface area contributed by atoms with Gasteiger partial charge in [0.1, 0.15) is 6.10 Å². The molecule has 0 heterocycles. The van der Waals surface area contributed by atoms with Crippen LogP contribution >= 0.6 is 35.0 Å².